The molecule has 0 amide bonds. The third-order valence-electron chi connectivity index (χ3n) is 3.49. The number of hydrogen-bond acceptors (Lipinski definition) is 2. The Hall–Kier alpha value is -1.02. The first-order chi connectivity index (χ1) is 8.29. The van der Waals surface area contributed by atoms with Gasteiger partial charge in [0.2, 0.25) is 0 Å². The van der Waals surface area contributed by atoms with Crippen LogP contribution in [0.1, 0.15) is 43.7 Å². The topological polar surface area (TPSA) is 35.2 Å². The molecule has 0 aromatic heterocycles. The molecule has 94 valence electrons. The van der Waals surface area contributed by atoms with E-state index in [4.69, 9.17) is 10.5 Å². The molecule has 1 atom stereocenters. The van der Waals surface area contributed by atoms with Gasteiger partial charge in [-0.3, -0.25) is 0 Å². The Morgan fingerprint density at radius 2 is 2.24 bits per heavy atom. The number of fused-ring (bicyclic) bond motifs is 1. The predicted molar refractivity (Wildman–Crippen MR) is 71.5 cm³/mol. The summed E-state index contributed by atoms with van der Waals surface area (Å²) in [4.78, 5) is 0. The molecular weight excluding hydrogens is 210 g/mol. The van der Waals surface area contributed by atoms with Crippen molar-refractivity contribution in [1.29, 1.82) is 0 Å². The van der Waals surface area contributed by atoms with Crippen LogP contribution in [0.25, 0.3) is 0 Å². The van der Waals surface area contributed by atoms with E-state index in [2.05, 4.69) is 25.1 Å². The fourth-order valence-electron chi connectivity index (χ4n) is 2.36. The minimum absolute atomic E-state index is 0.361. The molecule has 2 rings (SSSR count). The number of benzene rings is 1. The molecule has 2 heteroatoms. The number of aryl methyl sites for hydroxylation is 1. The summed E-state index contributed by atoms with van der Waals surface area (Å²) >= 11 is 0. The normalized spacial score (nSPS) is 15.4. The van der Waals surface area contributed by atoms with Gasteiger partial charge in [0.05, 0.1) is 6.61 Å². The van der Waals surface area contributed by atoms with E-state index in [1.165, 1.54) is 24.0 Å². The van der Waals surface area contributed by atoms with Crippen LogP contribution < -0.4 is 10.5 Å². The van der Waals surface area contributed by atoms with E-state index in [-0.39, 0.29) is 0 Å². The van der Waals surface area contributed by atoms with Gasteiger partial charge in [-0.05, 0) is 36.5 Å². The zero-order valence-electron chi connectivity index (χ0n) is 10.7. The van der Waals surface area contributed by atoms with Crippen LogP contribution in [0.3, 0.4) is 0 Å². The van der Waals surface area contributed by atoms with Crippen molar-refractivity contribution in [3.05, 3.63) is 29.3 Å². The van der Waals surface area contributed by atoms with Crippen molar-refractivity contribution in [1.82, 2.24) is 0 Å². The third kappa shape index (κ3) is 3.47. The van der Waals surface area contributed by atoms with Crippen LogP contribution in [0, 0.1) is 0 Å². The molecule has 2 N–H and O–H groups in total. The Labute approximate surface area is 104 Å². The van der Waals surface area contributed by atoms with Crippen molar-refractivity contribution in [3.8, 4) is 5.75 Å². The smallest absolute Gasteiger partial charge is 0.122 e. The highest BCUT2D eigenvalue weighted by Gasteiger charge is 2.12. The van der Waals surface area contributed by atoms with E-state index in [9.17, 15) is 0 Å². The van der Waals surface area contributed by atoms with Gasteiger partial charge in [0.15, 0.2) is 0 Å². The highest BCUT2D eigenvalue weighted by molar-refractivity contribution is 5.39. The largest absolute Gasteiger partial charge is 0.493 e. The summed E-state index contributed by atoms with van der Waals surface area (Å²) in [7, 11) is 0. The first kappa shape index (κ1) is 12.4. The maximum absolute atomic E-state index is 6.10. The van der Waals surface area contributed by atoms with E-state index in [1.54, 1.807) is 0 Å². The maximum atomic E-state index is 6.10. The molecule has 0 radical (unpaired) electrons. The van der Waals surface area contributed by atoms with Crippen LogP contribution >= 0.6 is 0 Å². The molecule has 1 aliphatic heterocycles. The average Bonchev–Trinajstić information content (AvgIpc) is 2.81. The first-order valence-corrected chi connectivity index (χ1v) is 6.79. The summed E-state index contributed by atoms with van der Waals surface area (Å²) in [5.74, 6) is 1.07. The van der Waals surface area contributed by atoms with Crippen LogP contribution in [0.5, 0.6) is 5.75 Å². The second kappa shape index (κ2) is 6.06. The van der Waals surface area contributed by atoms with Crippen molar-refractivity contribution in [2.24, 2.45) is 5.73 Å². The fraction of sp³-hybridized carbons (Fsp3) is 0.600. The van der Waals surface area contributed by atoms with Crippen LogP contribution in [-0.2, 0) is 12.8 Å². The van der Waals surface area contributed by atoms with E-state index < -0.39 is 0 Å². The van der Waals surface area contributed by atoms with Gasteiger partial charge in [0, 0.05) is 12.5 Å². The zero-order chi connectivity index (χ0) is 12.1. The lowest BCUT2D eigenvalue weighted by Crippen LogP contribution is -2.20. The highest BCUT2D eigenvalue weighted by atomic mass is 16.5. The van der Waals surface area contributed by atoms with Gasteiger partial charge < -0.3 is 10.5 Å². The van der Waals surface area contributed by atoms with Gasteiger partial charge in [-0.15, -0.1) is 0 Å². The predicted octanol–water partition coefficient (Wildman–Crippen LogP) is 3.07. The molecule has 1 aliphatic rings. The Bertz CT molecular complexity index is 362. The molecule has 0 saturated carbocycles. The quantitative estimate of drug-likeness (QED) is 0.819. The highest BCUT2D eigenvalue weighted by Crippen LogP contribution is 2.26. The fourth-order valence-corrected chi connectivity index (χ4v) is 2.36. The van der Waals surface area contributed by atoms with Crippen LogP contribution in [0.15, 0.2) is 18.2 Å². The molecule has 0 bridgehead atoms. The Kier molecular flexibility index (Phi) is 4.43. The zero-order valence-corrected chi connectivity index (χ0v) is 10.7. The molecule has 17 heavy (non-hydrogen) atoms. The van der Waals surface area contributed by atoms with Gasteiger partial charge in [-0.25, -0.2) is 0 Å². The van der Waals surface area contributed by atoms with Crippen molar-refractivity contribution in [3.63, 3.8) is 0 Å². The van der Waals surface area contributed by atoms with Crippen molar-refractivity contribution >= 4 is 0 Å². The number of hydrogen-bond donors (Lipinski definition) is 1. The molecule has 0 fully saturated rings. The van der Waals surface area contributed by atoms with Gasteiger partial charge in [-0.2, -0.15) is 0 Å². The Balaban J connectivity index is 1.83. The van der Waals surface area contributed by atoms with Crippen LogP contribution in [0.4, 0.5) is 0 Å². The van der Waals surface area contributed by atoms with Gasteiger partial charge >= 0.3 is 0 Å². The molecule has 1 aromatic carbocycles. The maximum Gasteiger partial charge on any atom is 0.122 e. The van der Waals surface area contributed by atoms with Gasteiger partial charge in [-0.1, -0.05) is 31.9 Å². The lowest BCUT2D eigenvalue weighted by atomic mass is 10.00. The number of rotatable bonds is 6. The van der Waals surface area contributed by atoms with E-state index in [0.717, 1.165) is 38.0 Å². The average molecular weight is 233 g/mol. The summed E-state index contributed by atoms with van der Waals surface area (Å²) < 4.78 is 5.51. The third-order valence-corrected chi connectivity index (χ3v) is 3.49. The molecule has 1 unspecified atom stereocenters. The lowest BCUT2D eigenvalue weighted by Gasteiger charge is -2.11. The van der Waals surface area contributed by atoms with Crippen molar-refractivity contribution < 1.29 is 4.74 Å². The van der Waals surface area contributed by atoms with Gasteiger partial charge in [0.1, 0.15) is 5.75 Å². The molecular formula is C15H23NO. The molecule has 0 saturated heterocycles. The number of nitrogens with two attached hydrogens (primary N) is 1. The second-order valence-corrected chi connectivity index (χ2v) is 4.98. The summed E-state index contributed by atoms with van der Waals surface area (Å²) in [6.45, 7) is 3.06. The van der Waals surface area contributed by atoms with E-state index >= 15 is 0 Å². The second-order valence-electron chi connectivity index (χ2n) is 4.98. The molecule has 1 heterocycles. The van der Waals surface area contributed by atoms with Gasteiger partial charge in [0.25, 0.3) is 0 Å². The number of unbranched alkanes of at least 4 members (excludes halogenated alkanes) is 1. The number of ether oxygens (including phenoxy) is 1. The summed E-state index contributed by atoms with van der Waals surface area (Å²) in [5, 5.41) is 0. The minimum Gasteiger partial charge on any atom is -0.493 e. The van der Waals surface area contributed by atoms with Crippen LogP contribution in [0.2, 0.25) is 0 Å². The molecule has 0 spiro atoms. The van der Waals surface area contributed by atoms with Crippen LogP contribution in [-0.4, -0.2) is 12.6 Å². The van der Waals surface area contributed by atoms with Crippen molar-refractivity contribution in [2.75, 3.05) is 6.61 Å². The standard InChI is InChI=1S/C15H23NO/c1-2-3-4-14(16)7-5-12-6-8-15-13(11-12)9-10-17-15/h6,8,11,14H,2-5,7,9-10,16H2,1H3. The lowest BCUT2D eigenvalue weighted by molar-refractivity contribution is 0.357. The monoisotopic (exact) mass is 233 g/mol. The van der Waals surface area contributed by atoms with E-state index in [1.807, 2.05) is 0 Å². The molecule has 0 aliphatic carbocycles. The first-order valence-electron chi connectivity index (χ1n) is 6.79. The van der Waals surface area contributed by atoms with E-state index in [0.29, 0.717) is 6.04 Å². The molecule has 2 nitrogen and oxygen atoms in total. The summed E-state index contributed by atoms with van der Waals surface area (Å²) in [5.41, 5.74) is 8.87. The summed E-state index contributed by atoms with van der Waals surface area (Å²) in [6.07, 6.45) is 6.90. The minimum atomic E-state index is 0.361. The summed E-state index contributed by atoms with van der Waals surface area (Å²) in [6, 6.07) is 6.93. The van der Waals surface area contributed by atoms with Crippen molar-refractivity contribution in [2.45, 2.75) is 51.5 Å². The molecule has 1 aromatic rings. The SMILES string of the molecule is CCCCC(N)CCc1ccc2c(c1)CCO2. The Morgan fingerprint density at radius 3 is 3.06 bits per heavy atom. The Morgan fingerprint density at radius 1 is 1.35 bits per heavy atom.